The van der Waals surface area contributed by atoms with E-state index in [-0.39, 0.29) is 0 Å². The Hall–Kier alpha value is -2.16. The number of hydrogen-bond acceptors (Lipinski definition) is 2. The van der Waals surface area contributed by atoms with E-state index < -0.39 is 0 Å². The summed E-state index contributed by atoms with van der Waals surface area (Å²) in [5.74, 6) is 1.80. The summed E-state index contributed by atoms with van der Waals surface area (Å²) in [6, 6.07) is 10.5. The van der Waals surface area contributed by atoms with Gasteiger partial charge in [-0.05, 0) is 48.2 Å². The lowest BCUT2D eigenvalue weighted by atomic mass is 10.1. The van der Waals surface area contributed by atoms with E-state index in [1.54, 1.807) is 0 Å². The summed E-state index contributed by atoms with van der Waals surface area (Å²) in [7, 11) is 0. The smallest absolute Gasteiger partial charge is 0.110 e. The summed E-state index contributed by atoms with van der Waals surface area (Å²) in [5.41, 5.74) is 4.62. The molecule has 2 heterocycles. The second kappa shape index (κ2) is 4.75. The van der Waals surface area contributed by atoms with Crippen LogP contribution in [-0.4, -0.2) is 15.0 Å². The van der Waals surface area contributed by atoms with Crippen LogP contribution in [0.1, 0.15) is 37.4 Å². The second-order valence-corrected chi connectivity index (χ2v) is 5.57. The third-order valence-corrected chi connectivity index (χ3v) is 4.26. The summed E-state index contributed by atoms with van der Waals surface area (Å²) < 4.78 is 0. The lowest BCUT2D eigenvalue weighted by Crippen LogP contribution is -1.93. The molecule has 1 aromatic carbocycles. The number of pyridine rings is 1. The highest BCUT2D eigenvalue weighted by molar-refractivity contribution is 5.82. The molecule has 0 unspecified atom stereocenters. The molecule has 0 spiro atoms. The molecule has 1 N–H and O–H groups in total. The number of rotatable bonds is 2. The maximum atomic E-state index is 4.76. The number of benzene rings is 1. The Morgan fingerprint density at radius 2 is 1.75 bits per heavy atom. The zero-order chi connectivity index (χ0) is 13.4. The molecule has 3 nitrogen and oxygen atoms in total. The molecule has 1 fully saturated rings. The minimum absolute atomic E-state index is 0.631. The van der Waals surface area contributed by atoms with Crippen LogP contribution in [0.4, 0.5) is 0 Å². The third kappa shape index (κ3) is 1.99. The number of aromatic amines is 1. The Labute approximate surface area is 118 Å². The van der Waals surface area contributed by atoms with Crippen LogP contribution in [0.3, 0.4) is 0 Å². The average Bonchev–Trinajstić information content (AvgIpc) is 3.16. The van der Waals surface area contributed by atoms with Crippen LogP contribution in [0.25, 0.3) is 22.2 Å². The summed E-state index contributed by atoms with van der Waals surface area (Å²) in [6.45, 7) is 0. The van der Waals surface area contributed by atoms with Gasteiger partial charge in [-0.3, -0.25) is 4.98 Å². The highest BCUT2D eigenvalue weighted by Gasteiger charge is 2.20. The molecule has 3 aromatic rings. The summed E-state index contributed by atoms with van der Waals surface area (Å²) in [6.07, 6.45) is 8.88. The third-order valence-electron chi connectivity index (χ3n) is 4.26. The highest BCUT2D eigenvalue weighted by Crippen LogP contribution is 2.33. The van der Waals surface area contributed by atoms with E-state index in [0.29, 0.717) is 5.92 Å². The van der Waals surface area contributed by atoms with Gasteiger partial charge in [0.2, 0.25) is 0 Å². The average molecular weight is 263 g/mol. The van der Waals surface area contributed by atoms with Crippen LogP contribution in [0.5, 0.6) is 0 Å². The van der Waals surface area contributed by atoms with Crippen molar-refractivity contribution in [3.63, 3.8) is 0 Å². The minimum Gasteiger partial charge on any atom is -0.342 e. The van der Waals surface area contributed by atoms with E-state index in [1.165, 1.54) is 42.6 Å². The molecule has 4 rings (SSSR count). The number of fused-ring (bicyclic) bond motifs is 1. The van der Waals surface area contributed by atoms with Gasteiger partial charge in [0.05, 0.1) is 11.0 Å². The van der Waals surface area contributed by atoms with Crippen molar-refractivity contribution in [3.05, 3.63) is 48.5 Å². The Kier molecular flexibility index (Phi) is 2.76. The number of H-pyrrole nitrogens is 1. The molecule has 0 bridgehead atoms. The molecule has 1 aliphatic carbocycles. The van der Waals surface area contributed by atoms with Gasteiger partial charge in [0.1, 0.15) is 5.82 Å². The predicted octanol–water partition coefficient (Wildman–Crippen LogP) is 4.28. The fraction of sp³-hybridized carbons (Fsp3) is 0.294. The van der Waals surface area contributed by atoms with E-state index in [2.05, 4.69) is 28.2 Å². The first-order chi connectivity index (χ1) is 9.90. The van der Waals surface area contributed by atoms with Gasteiger partial charge in [-0.25, -0.2) is 4.98 Å². The van der Waals surface area contributed by atoms with E-state index in [4.69, 9.17) is 4.98 Å². The van der Waals surface area contributed by atoms with Gasteiger partial charge in [-0.1, -0.05) is 18.9 Å². The van der Waals surface area contributed by atoms with Crippen molar-refractivity contribution in [2.45, 2.75) is 31.6 Å². The molecular weight excluding hydrogens is 246 g/mol. The van der Waals surface area contributed by atoms with E-state index in [0.717, 1.165) is 11.0 Å². The van der Waals surface area contributed by atoms with Crippen molar-refractivity contribution in [3.8, 4) is 11.1 Å². The fourth-order valence-electron chi connectivity index (χ4n) is 3.15. The van der Waals surface area contributed by atoms with Crippen LogP contribution < -0.4 is 0 Å². The summed E-state index contributed by atoms with van der Waals surface area (Å²) >= 11 is 0. The number of imidazole rings is 1. The van der Waals surface area contributed by atoms with Gasteiger partial charge < -0.3 is 4.98 Å². The first kappa shape index (κ1) is 11.6. The van der Waals surface area contributed by atoms with Crippen LogP contribution in [-0.2, 0) is 0 Å². The van der Waals surface area contributed by atoms with Crippen molar-refractivity contribution in [1.82, 2.24) is 15.0 Å². The number of nitrogens with one attached hydrogen (secondary N) is 1. The Morgan fingerprint density at radius 1 is 0.950 bits per heavy atom. The van der Waals surface area contributed by atoms with Crippen molar-refractivity contribution < 1.29 is 0 Å². The van der Waals surface area contributed by atoms with Crippen molar-refractivity contribution in [2.75, 3.05) is 0 Å². The zero-order valence-corrected chi connectivity index (χ0v) is 11.3. The Balaban J connectivity index is 1.76. The van der Waals surface area contributed by atoms with E-state index >= 15 is 0 Å². The lowest BCUT2D eigenvalue weighted by molar-refractivity contribution is 0.681. The van der Waals surface area contributed by atoms with Gasteiger partial charge in [0.15, 0.2) is 0 Å². The molecule has 1 aliphatic rings. The molecule has 3 heteroatoms. The largest absolute Gasteiger partial charge is 0.342 e. The van der Waals surface area contributed by atoms with Crippen LogP contribution in [0, 0.1) is 0 Å². The maximum Gasteiger partial charge on any atom is 0.110 e. The second-order valence-electron chi connectivity index (χ2n) is 5.57. The molecule has 0 aliphatic heterocycles. The first-order valence-corrected chi connectivity index (χ1v) is 7.30. The van der Waals surface area contributed by atoms with Gasteiger partial charge in [-0.2, -0.15) is 0 Å². The fourth-order valence-corrected chi connectivity index (χ4v) is 3.15. The quantitative estimate of drug-likeness (QED) is 0.749. The monoisotopic (exact) mass is 263 g/mol. The number of hydrogen-bond donors (Lipinski definition) is 1. The molecule has 0 amide bonds. The Bertz CT molecular complexity index is 724. The molecule has 0 radical (unpaired) electrons. The van der Waals surface area contributed by atoms with Gasteiger partial charge in [0.25, 0.3) is 0 Å². The number of nitrogens with zero attached hydrogens (tertiary/aromatic N) is 2. The topological polar surface area (TPSA) is 41.6 Å². The van der Waals surface area contributed by atoms with Crippen molar-refractivity contribution in [1.29, 1.82) is 0 Å². The van der Waals surface area contributed by atoms with Crippen LogP contribution >= 0.6 is 0 Å². The zero-order valence-electron chi connectivity index (χ0n) is 11.3. The maximum absolute atomic E-state index is 4.76. The van der Waals surface area contributed by atoms with E-state index in [1.807, 2.05) is 24.5 Å². The van der Waals surface area contributed by atoms with Crippen molar-refractivity contribution in [2.24, 2.45) is 0 Å². The van der Waals surface area contributed by atoms with Gasteiger partial charge in [0, 0.05) is 18.3 Å². The van der Waals surface area contributed by atoms with Crippen LogP contribution in [0.15, 0.2) is 42.7 Å². The Morgan fingerprint density at radius 3 is 2.55 bits per heavy atom. The minimum atomic E-state index is 0.631. The number of aromatic nitrogens is 3. The predicted molar refractivity (Wildman–Crippen MR) is 80.5 cm³/mol. The SMILES string of the molecule is c1cc(-c2ccc3nc(C4CCCC4)[nH]c3c2)ccn1. The molecule has 1 saturated carbocycles. The van der Waals surface area contributed by atoms with E-state index in [9.17, 15) is 0 Å². The van der Waals surface area contributed by atoms with Crippen LogP contribution in [0.2, 0.25) is 0 Å². The molecule has 20 heavy (non-hydrogen) atoms. The van der Waals surface area contributed by atoms with Gasteiger partial charge in [-0.15, -0.1) is 0 Å². The first-order valence-electron chi connectivity index (χ1n) is 7.30. The summed E-state index contributed by atoms with van der Waals surface area (Å²) in [5, 5.41) is 0. The molecule has 0 atom stereocenters. The summed E-state index contributed by atoms with van der Waals surface area (Å²) in [4.78, 5) is 12.4. The van der Waals surface area contributed by atoms with Crippen molar-refractivity contribution >= 4 is 11.0 Å². The highest BCUT2D eigenvalue weighted by atomic mass is 14.9. The van der Waals surface area contributed by atoms with Gasteiger partial charge >= 0.3 is 0 Å². The normalized spacial score (nSPS) is 16.0. The molecule has 2 aromatic heterocycles. The molecule has 0 saturated heterocycles. The molecule has 100 valence electrons. The lowest BCUT2D eigenvalue weighted by Gasteiger charge is -2.02. The standard InChI is InChI=1S/C17H17N3/c1-2-4-13(3-1)17-19-15-6-5-14(11-16(15)20-17)12-7-9-18-10-8-12/h5-11,13H,1-4H2,(H,19,20). The molecular formula is C17H17N3.